The quantitative estimate of drug-likeness (QED) is 0.661. The van der Waals surface area contributed by atoms with Gasteiger partial charge in [-0.05, 0) is 31.2 Å². The van der Waals surface area contributed by atoms with Crippen LogP contribution in [0.3, 0.4) is 0 Å². The van der Waals surface area contributed by atoms with Gasteiger partial charge >= 0.3 is 0 Å². The lowest BCUT2D eigenvalue weighted by Gasteiger charge is -2.08. The Labute approximate surface area is 141 Å². The van der Waals surface area contributed by atoms with Crippen LogP contribution in [0.25, 0.3) is 11.4 Å². The van der Waals surface area contributed by atoms with Crippen molar-refractivity contribution in [2.75, 3.05) is 0 Å². The van der Waals surface area contributed by atoms with Gasteiger partial charge < -0.3 is 4.74 Å². The lowest BCUT2D eigenvalue weighted by molar-refractivity contribution is 0.423. The Morgan fingerprint density at radius 3 is 2.61 bits per heavy atom. The Bertz CT molecular complexity index is 874. The molecule has 0 saturated heterocycles. The van der Waals surface area contributed by atoms with Gasteiger partial charge in [-0.3, -0.25) is 0 Å². The number of rotatable bonds is 3. The molecule has 23 heavy (non-hydrogen) atoms. The second-order valence-electron chi connectivity index (χ2n) is 4.71. The zero-order valence-corrected chi connectivity index (χ0v) is 13.4. The Morgan fingerprint density at radius 2 is 1.91 bits per heavy atom. The third kappa shape index (κ3) is 3.57. The van der Waals surface area contributed by atoms with Crippen LogP contribution in [0.15, 0.2) is 42.7 Å². The van der Waals surface area contributed by atoms with Crippen molar-refractivity contribution < 1.29 is 9.13 Å². The van der Waals surface area contributed by atoms with Gasteiger partial charge in [0.1, 0.15) is 5.75 Å². The molecule has 0 aliphatic rings. The lowest BCUT2D eigenvalue weighted by atomic mass is 10.2. The first-order valence-corrected chi connectivity index (χ1v) is 7.37. The Morgan fingerprint density at radius 1 is 1.09 bits per heavy atom. The molecule has 0 fully saturated rings. The molecule has 2 aromatic heterocycles. The molecule has 0 aliphatic carbocycles. The summed E-state index contributed by atoms with van der Waals surface area (Å²) in [6.45, 7) is 1.87. The van der Waals surface area contributed by atoms with Crippen LogP contribution < -0.4 is 4.74 Å². The van der Waals surface area contributed by atoms with E-state index in [1.54, 1.807) is 30.5 Å². The largest absolute Gasteiger partial charge is 0.436 e. The van der Waals surface area contributed by atoms with Crippen molar-refractivity contribution in [3.8, 4) is 23.0 Å². The highest BCUT2D eigenvalue weighted by Crippen LogP contribution is 2.31. The average Bonchev–Trinajstić information content (AvgIpc) is 2.50. The van der Waals surface area contributed by atoms with Crippen molar-refractivity contribution in [2.24, 2.45) is 0 Å². The molecular formula is C16H10Cl2FN3O. The van der Waals surface area contributed by atoms with Crippen molar-refractivity contribution in [1.29, 1.82) is 0 Å². The molecule has 3 rings (SSSR count). The minimum atomic E-state index is -0.653. The Kier molecular flexibility index (Phi) is 4.41. The molecular weight excluding hydrogens is 340 g/mol. The minimum absolute atomic E-state index is 0.176. The minimum Gasteiger partial charge on any atom is -0.436 e. The van der Waals surface area contributed by atoms with Gasteiger partial charge in [0.25, 0.3) is 5.88 Å². The van der Waals surface area contributed by atoms with E-state index in [9.17, 15) is 4.39 Å². The fraction of sp³-hybridized carbons (Fsp3) is 0.0625. The molecule has 0 spiro atoms. The first kappa shape index (κ1) is 15.6. The van der Waals surface area contributed by atoms with E-state index in [-0.39, 0.29) is 10.9 Å². The summed E-state index contributed by atoms with van der Waals surface area (Å²) in [5, 5.41) is 0.585. The van der Waals surface area contributed by atoms with Crippen LogP contribution in [0.1, 0.15) is 5.69 Å². The van der Waals surface area contributed by atoms with Crippen LogP contribution >= 0.6 is 23.2 Å². The summed E-state index contributed by atoms with van der Waals surface area (Å²) in [5.74, 6) is 0.0298. The van der Waals surface area contributed by atoms with Gasteiger partial charge in [-0.2, -0.15) is 0 Å². The van der Waals surface area contributed by atoms with Crippen molar-refractivity contribution in [3.05, 3.63) is 64.3 Å². The summed E-state index contributed by atoms with van der Waals surface area (Å²) in [6, 6.07) is 7.82. The van der Waals surface area contributed by atoms with E-state index in [1.807, 2.05) is 6.92 Å². The third-order valence-electron chi connectivity index (χ3n) is 2.96. The number of hydrogen-bond donors (Lipinski definition) is 0. The fourth-order valence-electron chi connectivity index (χ4n) is 1.91. The van der Waals surface area contributed by atoms with Crippen LogP contribution in [0.5, 0.6) is 11.6 Å². The van der Waals surface area contributed by atoms with E-state index in [2.05, 4.69) is 15.0 Å². The summed E-state index contributed by atoms with van der Waals surface area (Å²) in [6.07, 6.45) is 2.96. The highest BCUT2D eigenvalue weighted by molar-refractivity contribution is 6.33. The molecule has 1 aromatic carbocycles. The normalized spacial score (nSPS) is 10.6. The zero-order valence-electron chi connectivity index (χ0n) is 11.9. The van der Waals surface area contributed by atoms with Gasteiger partial charge in [-0.15, -0.1) is 0 Å². The second kappa shape index (κ2) is 6.48. The number of halogens is 3. The van der Waals surface area contributed by atoms with Gasteiger partial charge in [-0.25, -0.2) is 19.3 Å². The standard InChI is InChI=1S/C16H10Cl2FN3O/c1-9-4-5-20-15(22-9)12-3-2-11(7-13(12)18)23-16-14(19)6-10(17)8-21-16/h2-8H,1H3. The molecule has 0 N–H and O–H groups in total. The molecule has 116 valence electrons. The van der Waals surface area contributed by atoms with E-state index in [0.717, 1.165) is 11.8 Å². The van der Waals surface area contributed by atoms with Crippen LogP contribution in [0.4, 0.5) is 4.39 Å². The molecule has 0 atom stereocenters. The van der Waals surface area contributed by atoms with Crippen molar-refractivity contribution >= 4 is 23.2 Å². The van der Waals surface area contributed by atoms with Crippen molar-refractivity contribution in [2.45, 2.75) is 6.92 Å². The summed E-state index contributed by atoms with van der Waals surface area (Å²) < 4.78 is 19.1. The molecule has 7 heteroatoms. The molecule has 0 bridgehead atoms. The molecule has 0 saturated carbocycles. The Balaban J connectivity index is 1.90. The molecule has 2 heterocycles. The highest BCUT2D eigenvalue weighted by Gasteiger charge is 2.11. The SMILES string of the molecule is Cc1ccnc(-c2ccc(Oc3ncc(Cl)cc3F)cc2Cl)n1. The first-order chi connectivity index (χ1) is 11.0. The summed E-state index contributed by atoms with van der Waals surface area (Å²) in [4.78, 5) is 12.3. The average molecular weight is 350 g/mol. The fourth-order valence-corrected chi connectivity index (χ4v) is 2.31. The number of hydrogen-bond acceptors (Lipinski definition) is 4. The number of pyridine rings is 1. The number of ether oxygens (including phenoxy) is 1. The van der Waals surface area contributed by atoms with Crippen molar-refractivity contribution in [3.63, 3.8) is 0 Å². The van der Waals surface area contributed by atoms with Crippen LogP contribution in [-0.2, 0) is 0 Å². The number of aromatic nitrogens is 3. The maximum atomic E-state index is 13.7. The van der Waals surface area contributed by atoms with E-state index < -0.39 is 5.82 Å². The third-order valence-corrected chi connectivity index (χ3v) is 3.48. The molecule has 3 aromatic rings. The molecule has 0 unspecified atom stereocenters. The van der Waals surface area contributed by atoms with Gasteiger partial charge in [-0.1, -0.05) is 23.2 Å². The molecule has 0 radical (unpaired) electrons. The summed E-state index contributed by atoms with van der Waals surface area (Å²) in [5.41, 5.74) is 1.49. The van der Waals surface area contributed by atoms with Gasteiger partial charge in [0, 0.05) is 29.7 Å². The topological polar surface area (TPSA) is 47.9 Å². The van der Waals surface area contributed by atoms with E-state index >= 15 is 0 Å². The summed E-state index contributed by atoms with van der Waals surface area (Å²) >= 11 is 11.9. The monoisotopic (exact) mass is 349 g/mol. The zero-order chi connectivity index (χ0) is 16.4. The number of nitrogens with zero attached hydrogens (tertiary/aromatic N) is 3. The summed E-state index contributed by atoms with van der Waals surface area (Å²) in [7, 11) is 0. The van der Waals surface area contributed by atoms with Crippen LogP contribution in [0, 0.1) is 12.7 Å². The highest BCUT2D eigenvalue weighted by atomic mass is 35.5. The smallest absolute Gasteiger partial charge is 0.255 e. The van der Waals surface area contributed by atoms with Gasteiger partial charge in [0.05, 0.1) is 10.0 Å². The maximum Gasteiger partial charge on any atom is 0.255 e. The predicted molar refractivity (Wildman–Crippen MR) is 86.5 cm³/mol. The van der Waals surface area contributed by atoms with Crippen LogP contribution in [0.2, 0.25) is 10.0 Å². The predicted octanol–water partition coefficient (Wildman–Crippen LogP) is 5.09. The molecule has 0 amide bonds. The second-order valence-corrected chi connectivity index (χ2v) is 5.55. The van der Waals surface area contributed by atoms with E-state index in [1.165, 1.54) is 6.20 Å². The Hall–Kier alpha value is -2.24. The maximum absolute atomic E-state index is 13.7. The van der Waals surface area contributed by atoms with E-state index in [0.29, 0.717) is 22.2 Å². The molecule has 0 aliphatic heterocycles. The van der Waals surface area contributed by atoms with Crippen LogP contribution in [-0.4, -0.2) is 15.0 Å². The number of benzene rings is 1. The van der Waals surface area contributed by atoms with Crippen molar-refractivity contribution in [1.82, 2.24) is 15.0 Å². The van der Waals surface area contributed by atoms with Gasteiger partial charge in [0.15, 0.2) is 11.6 Å². The number of aryl methyl sites for hydroxylation is 1. The van der Waals surface area contributed by atoms with Gasteiger partial charge in [0.2, 0.25) is 0 Å². The van der Waals surface area contributed by atoms with E-state index in [4.69, 9.17) is 27.9 Å². The lowest BCUT2D eigenvalue weighted by Crippen LogP contribution is -1.94. The molecule has 4 nitrogen and oxygen atoms in total. The first-order valence-electron chi connectivity index (χ1n) is 6.61.